The van der Waals surface area contributed by atoms with Crippen molar-refractivity contribution in [2.45, 2.75) is 13.8 Å². The fourth-order valence-corrected chi connectivity index (χ4v) is 3.28. The number of aryl methyl sites for hydroxylation is 2. The van der Waals surface area contributed by atoms with Gasteiger partial charge in [-0.05, 0) is 37.1 Å². The van der Waals surface area contributed by atoms with E-state index in [0.717, 1.165) is 48.9 Å². The van der Waals surface area contributed by atoms with Gasteiger partial charge in [0.2, 0.25) is 16.7 Å². The Morgan fingerprint density at radius 3 is 1.72 bits per heavy atom. The van der Waals surface area contributed by atoms with Gasteiger partial charge >= 0.3 is 0 Å². The van der Waals surface area contributed by atoms with Crippen molar-refractivity contribution in [1.29, 1.82) is 0 Å². The van der Waals surface area contributed by atoms with Gasteiger partial charge in [0, 0.05) is 24.3 Å². The summed E-state index contributed by atoms with van der Waals surface area (Å²) < 4.78 is 2.16. The summed E-state index contributed by atoms with van der Waals surface area (Å²) in [7, 11) is 0. The van der Waals surface area contributed by atoms with Gasteiger partial charge in [0.15, 0.2) is 0 Å². The summed E-state index contributed by atoms with van der Waals surface area (Å²) in [6.45, 7) is 3.99. The third kappa shape index (κ3) is 3.06. The predicted molar refractivity (Wildman–Crippen MR) is 100 cm³/mol. The van der Waals surface area contributed by atoms with Crippen LogP contribution in [-0.4, -0.2) is 4.98 Å². The average molecular weight is 390 g/mol. The van der Waals surface area contributed by atoms with Crippen LogP contribution in [-0.2, 0) is 0 Å². The molecule has 0 atom stereocenters. The minimum Gasteiger partial charge on any atom is -1.00 e. The lowest BCUT2D eigenvalue weighted by molar-refractivity contribution is -0.538. The number of fused-ring (bicyclic) bond motifs is 2. The Morgan fingerprint density at radius 2 is 1.24 bits per heavy atom. The monoisotopic (exact) mass is 388 g/mol. The average Bonchev–Trinajstić information content (AvgIpc) is 2.57. The molecule has 0 aliphatic rings. The molecule has 2 nitrogen and oxygen atoms in total. The zero-order chi connectivity index (χ0) is 16.8. The molecule has 3 aromatic carbocycles. The van der Waals surface area contributed by atoms with E-state index in [1.165, 1.54) is 0 Å². The lowest BCUT2D eigenvalue weighted by Gasteiger charge is -2.08. The molecule has 0 unspecified atom stereocenters. The fourth-order valence-electron chi connectivity index (χ4n) is 2.96. The van der Waals surface area contributed by atoms with Crippen molar-refractivity contribution >= 4 is 45.3 Å². The molecule has 0 fully saturated rings. The predicted octanol–water partition coefficient (Wildman–Crippen LogP) is 2.59. The first-order chi connectivity index (χ1) is 11.5. The molecule has 0 saturated carbocycles. The molecule has 0 bridgehead atoms. The van der Waals surface area contributed by atoms with Gasteiger partial charge < -0.3 is 12.4 Å². The first kappa shape index (κ1) is 17.9. The smallest absolute Gasteiger partial charge is 0.239 e. The molecule has 0 saturated heterocycles. The van der Waals surface area contributed by atoms with E-state index in [0.29, 0.717) is 0 Å². The van der Waals surface area contributed by atoms with Crippen LogP contribution in [0.3, 0.4) is 0 Å². The van der Waals surface area contributed by atoms with Gasteiger partial charge in [0.25, 0.3) is 0 Å². The highest BCUT2D eigenvalue weighted by Crippen LogP contribution is 2.26. The molecule has 0 spiro atoms. The number of aromatic nitrogens is 2. The van der Waals surface area contributed by atoms with Crippen LogP contribution in [0.5, 0.6) is 0 Å². The van der Waals surface area contributed by atoms with Crippen molar-refractivity contribution in [3.63, 3.8) is 0 Å². The lowest BCUT2D eigenvalue weighted by atomic mass is 10.1. The molecule has 1 heterocycles. The normalized spacial score (nSPS) is 10.9. The van der Waals surface area contributed by atoms with Gasteiger partial charge in [-0.2, -0.15) is 0 Å². The molecule has 126 valence electrons. The van der Waals surface area contributed by atoms with Crippen molar-refractivity contribution < 1.29 is 17.0 Å². The maximum atomic E-state index is 6.39. The van der Waals surface area contributed by atoms with Crippen LogP contribution in [0.25, 0.3) is 27.8 Å². The van der Waals surface area contributed by atoms with Gasteiger partial charge in [0.05, 0.1) is 10.0 Å². The number of para-hydroxylation sites is 1. The van der Waals surface area contributed by atoms with E-state index in [9.17, 15) is 0 Å². The number of nitrogens with zero attached hydrogens (tertiary/aromatic N) is 2. The van der Waals surface area contributed by atoms with Crippen molar-refractivity contribution in [1.82, 2.24) is 4.98 Å². The molecule has 0 N–H and O–H groups in total. The summed E-state index contributed by atoms with van der Waals surface area (Å²) in [5, 5.41) is 1.46. The molecule has 4 rings (SSSR count). The summed E-state index contributed by atoms with van der Waals surface area (Å²) in [4.78, 5) is 4.83. The molecule has 0 amide bonds. The first-order valence-electron chi connectivity index (χ1n) is 7.72. The summed E-state index contributed by atoms with van der Waals surface area (Å²) >= 11 is 12.8. The minimum atomic E-state index is 0. The van der Waals surface area contributed by atoms with Crippen molar-refractivity contribution in [3.05, 3.63) is 75.8 Å². The Bertz CT molecular complexity index is 1030. The van der Waals surface area contributed by atoms with E-state index in [-0.39, 0.29) is 12.4 Å². The second kappa shape index (κ2) is 6.80. The molecular formula is C20H15Cl3N2. The molecule has 0 aliphatic heterocycles. The summed E-state index contributed by atoms with van der Waals surface area (Å²) in [5.74, 6) is 0. The number of hydrogen-bond donors (Lipinski definition) is 0. The maximum absolute atomic E-state index is 6.39. The topological polar surface area (TPSA) is 16.8 Å². The summed E-state index contributed by atoms with van der Waals surface area (Å²) in [6.07, 6.45) is 0. The van der Waals surface area contributed by atoms with Gasteiger partial charge in [-0.15, -0.1) is 4.57 Å². The Hall–Kier alpha value is -1.87. The largest absolute Gasteiger partial charge is 1.00 e. The van der Waals surface area contributed by atoms with Crippen LogP contribution < -0.4 is 17.0 Å². The standard InChI is InChI=1S/C20H15Cl2N2.ClH/c1-12-8-17-19(10-15(12)21)24(14-6-4-3-5-7-14)20-11-16(22)13(2)9-18(20)23-17;/h3-11H,1-2H3;1H/q+1;/p-1. The molecule has 0 radical (unpaired) electrons. The maximum Gasteiger partial charge on any atom is 0.239 e. The Labute approximate surface area is 162 Å². The van der Waals surface area contributed by atoms with E-state index >= 15 is 0 Å². The molecule has 1 aromatic heterocycles. The van der Waals surface area contributed by atoms with Crippen LogP contribution in [0.1, 0.15) is 11.1 Å². The van der Waals surface area contributed by atoms with Gasteiger partial charge in [-0.1, -0.05) is 41.4 Å². The molecule has 4 aromatic rings. The van der Waals surface area contributed by atoms with Gasteiger partial charge in [-0.25, -0.2) is 4.98 Å². The lowest BCUT2D eigenvalue weighted by Crippen LogP contribution is -3.00. The van der Waals surface area contributed by atoms with Crippen LogP contribution in [0.15, 0.2) is 54.6 Å². The molecular weight excluding hydrogens is 375 g/mol. The van der Waals surface area contributed by atoms with E-state index in [1.54, 1.807) is 0 Å². The molecule has 5 heteroatoms. The first-order valence-corrected chi connectivity index (χ1v) is 8.47. The van der Waals surface area contributed by atoms with Crippen molar-refractivity contribution in [2.75, 3.05) is 0 Å². The highest BCUT2D eigenvalue weighted by atomic mass is 35.5. The van der Waals surface area contributed by atoms with Crippen LogP contribution in [0, 0.1) is 13.8 Å². The minimum absolute atomic E-state index is 0. The van der Waals surface area contributed by atoms with Gasteiger partial charge in [-0.3, -0.25) is 0 Å². The van der Waals surface area contributed by atoms with E-state index in [4.69, 9.17) is 28.2 Å². The number of hydrogen-bond acceptors (Lipinski definition) is 1. The zero-order valence-electron chi connectivity index (χ0n) is 13.7. The van der Waals surface area contributed by atoms with E-state index < -0.39 is 0 Å². The quantitative estimate of drug-likeness (QED) is 0.361. The highest BCUT2D eigenvalue weighted by Gasteiger charge is 2.21. The van der Waals surface area contributed by atoms with Crippen LogP contribution in [0.4, 0.5) is 0 Å². The Balaban J connectivity index is 0.00000182. The fraction of sp³-hybridized carbons (Fsp3) is 0.100. The van der Waals surface area contributed by atoms with Crippen molar-refractivity contribution in [3.8, 4) is 5.69 Å². The molecule has 0 aliphatic carbocycles. The summed E-state index contributed by atoms with van der Waals surface area (Å²) in [6, 6.07) is 18.2. The SMILES string of the molecule is Cc1cc2nc3cc(C)c(Cl)cc3[n+](-c3ccccc3)c2cc1Cl.[Cl-]. The van der Waals surface area contributed by atoms with E-state index in [2.05, 4.69) is 16.7 Å². The van der Waals surface area contributed by atoms with Gasteiger partial charge in [0.1, 0.15) is 11.0 Å². The Morgan fingerprint density at radius 1 is 0.760 bits per heavy atom. The third-order valence-corrected chi connectivity index (χ3v) is 5.06. The van der Waals surface area contributed by atoms with E-state index in [1.807, 2.05) is 56.3 Å². The zero-order valence-corrected chi connectivity index (χ0v) is 16.0. The Kier molecular flexibility index (Phi) is 4.88. The summed E-state index contributed by atoms with van der Waals surface area (Å²) in [5.41, 5.74) is 6.83. The second-order valence-corrected chi connectivity index (χ2v) is 6.78. The third-order valence-electron chi connectivity index (χ3n) is 4.25. The number of halogens is 3. The number of rotatable bonds is 1. The second-order valence-electron chi connectivity index (χ2n) is 5.96. The highest BCUT2D eigenvalue weighted by molar-refractivity contribution is 6.32. The van der Waals surface area contributed by atoms with Crippen molar-refractivity contribution in [2.24, 2.45) is 0 Å². The van der Waals surface area contributed by atoms with Crippen LogP contribution in [0.2, 0.25) is 10.0 Å². The molecule has 25 heavy (non-hydrogen) atoms. The number of benzene rings is 3. The van der Waals surface area contributed by atoms with Crippen LogP contribution >= 0.6 is 23.2 Å².